The van der Waals surface area contributed by atoms with E-state index in [9.17, 15) is 0 Å². The number of hydrogen-bond acceptors (Lipinski definition) is 0. The molecule has 0 nitrogen and oxygen atoms in total. The standard InChI is InChI=1S/C20H28.C2H6.C2H4.CH4/c1-13-4-7-16-15(12-13)6-8-18-17(16)10-11-20(3)14(2)5-9-19(18)20;2*1-2;/h4,12,16-19H,2,5-11H2,1,3H3;1-2H3;1-2H2;1H4. The molecule has 0 amide bonds. The van der Waals surface area contributed by atoms with E-state index in [4.69, 9.17) is 0 Å². The normalized spacial score (nSPS) is 38.0. The Morgan fingerprint density at radius 2 is 1.72 bits per heavy atom. The molecule has 5 atom stereocenters. The summed E-state index contributed by atoms with van der Waals surface area (Å²) in [7, 11) is 0. The van der Waals surface area contributed by atoms with Crippen LogP contribution in [0, 0.1) is 29.1 Å². The summed E-state index contributed by atoms with van der Waals surface area (Å²) in [6.07, 6.45) is 14.7. The third-order valence-electron chi connectivity index (χ3n) is 7.31. The molecule has 0 saturated heterocycles. The molecular weight excluding hydrogens is 300 g/mol. The largest absolute Gasteiger partial charge is 0.106 e. The van der Waals surface area contributed by atoms with Crippen molar-refractivity contribution >= 4 is 0 Å². The summed E-state index contributed by atoms with van der Waals surface area (Å²) in [6, 6.07) is 0. The van der Waals surface area contributed by atoms with Gasteiger partial charge in [0.1, 0.15) is 0 Å². The Balaban J connectivity index is 0.000000586. The predicted molar refractivity (Wildman–Crippen MR) is 115 cm³/mol. The Morgan fingerprint density at radius 1 is 1.04 bits per heavy atom. The van der Waals surface area contributed by atoms with Crippen LogP contribution >= 0.6 is 0 Å². The van der Waals surface area contributed by atoms with E-state index in [1.165, 1.54) is 50.5 Å². The van der Waals surface area contributed by atoms with Crippen LogP contribution in [0.5, 0.6) is 0 Å². The van der Waals surface area contributed by atoms with Crippen LogP contribution in [-0.4, -0.2) is 0 Å². The van der Waals surface area contributed by atoms with Gasteiger partial charge in [-0.05, 0) is 81.0 Å². The van der Waals surface area contributed by atoms with Gasteiger partial charge in [0.2, 0.25) is 0 Å². The molecular formula is C25H42. The predicted octanol–water partition coefficient (Wildman–Crippen LogP) is 8.14. The summed E-state index contributed by atoms with van der Waals surface area (Å²) < 4.78 is 0. The molecule has 0 bridgehead atoms. The molecule has 0 heteroatoms. The Kier molecular flexibility index (Phi) is 7.97. The SMILES string of the molecule is C.C=C.C=C1CCC2C3CCC4=CC(C)=CCC4C3CCC12C.CC. The van der Waals surface area contributed by atoms with Gasteiger partial charge in [0.05, 0.1) is 0 Å². The molecule has 4 aliphatic rings. The molecule has 25 heavy (non-hydrogen) atoms. The molecule has 0 radical (unpaired) electrons. The first-order valence-electron chi connectivity index (χ1n) is 10.1. The first-order valence-corrected chi connectivity index (χ1v) is 10.1. The lowest BCUT2D eigenvalue weighted by atomic mass is 9.52. The molecule has 0 aromatic heterocycles. The van der Waals surface area contributed by atoms with E-state index in [1.807, 2.05) is 13.8 Å². The number of rotatable bonds is 0. The van der Waals surface area contributed by atoms with Crippen LogP contribution in [0.15, 0.2) is 48.6 Å². The highest BCUT2D eigenvalue weighted by atomic mass is 14.6. The molecule has 0 aromatic carbocycles. The van der Waals surface area contributed by atoms with Gasteiger partial charge in [-0.25, -0.2) is 0 Å². The highest BCUT2D eigenvalue weighted by molar-refractivity contribution is 5.31. The van der Waals surface area contributed by atoms with Gasteiger partial charge in [0.25, 0.3) is 0 Å². The summed E-state index contributed by atoms with van der Waals surface area (Å²) in [5, 5.41) is 0. The average Bonchev–Trinajstić information content (AvgIpc) is 2.93. The van der Waals surface area contributed by atoms with Crippen LogP contribution in [0.1, 0.15) is 80.1 Å². The fraction of sp³-hybridized carbons (Fsp3) is 0.680. The minimum atomic E-state index is 0. The van der Waals surface area contributed by atoms with Gasteiger partial charge in [-0.3, -0.25) is 0 Å². The molecule has 0 aromatic rings. The molecule has 0 aliphatic heterocycles. The molecule has 3 fully saturated rings. The van der Waals surface area contributed by atoms with Crippen molar-refractivity contribution in [2.45, 2.75) is 80.1 Å². The maximum Gasteiger partial charge on any atom is -0.00879 e. The van der Waals surface area contributed by atoms with E-state index in [0.717, 1.165) is 23.7 Å². The highest BCUT2D eigenvalue weighted by Crippen LogP contribution is 2.63. The van der Waals surface area contributed by atoms with Gasteiger partial charge in [-0.1, -0.05) is 63.6 Å². The molecule has 3 saturated carbocycles. The molecule has 0 N–H and O–H groups in total. The monoisotopic (exact) mass is 342 g/mol. The van der Waals surface area contributed by atoms with Crippen molar-refractivity contribution in [1.29, 1.82) is 0 Å². The van der Waals surface area contributed by atoms with Gasteiger partial charge in [-0.15, -0.1) is 13.2 Å². The van der Waals surface area contributed by atoms with Crippen LogP contribution in [0.3, 0.4) is 0 Å². The van der Waals surface area contributed by atoms with Gasteiger partial charge in [-0.2, -0.15) is 0 Å². The third kappa shape index (κ3) is 3.74. The number of fused-ring (bicyclic) bond motifs is 5. The lowest BCUT2D eigenvalue weighted by Gasteiger charge is -2.52. The van der Waals surface area contributed by atoms with Crippen molar-refractivity contribution in [3.63, 3.8) is 0 Å². The van der Waals surface area contributed by atoms with Crippen LogP contribution < -0.4 is 0 Å². The van der Waals surface area contributed by atoms with E-state index in [0.29, 0.717) is 5.41 Å². The van der Waals surface area contributed by atoms with Crippen molar-refractivity contribution in [3.8, 4) is 0 Å². The van der Waals surface area contributed by atoms with Gasteiger partial charge in [0, 0.05) is 0 Å². The molecule has 0 heterocycles. The number of allylic oxidation sites excluding steroid dienone is 5. The van der Waals surface area contributed by atoms with Crippen molar-refractivity contribution in [1.82, 2.24) is 0 Å². The summed E-state index contributed by atoms with van der Waals surface area (Å²) >= 11 is 0. The van der Waals surface area contributed by atoms with Gasteiger partial charge in [0.15, 0.2) is 0 Å². The first-order chi connectivity index (χ1) is 11.6. The van der Waals surface area contributed by atoms with Crippen molar-refractivity contribution in [2.75, 3.05) is 0 Å². The third-order valence-corrected chi connectivity index (χ3v) is 7.31. The van der Waals surface area contributed by atoms with Gasteiger partial charge < -0.3 is 0 Å². The minimum absolute atomic E-state index is 0. The smallest absolute Gasteiger partial charge is 0.00879 e. The van der Waals surface area contributed by atoms with Crippen LogP contribution in [0.4, 0.5) is 0 Å². The molecule has 0 spiro atoms. The lowest BCUT2D eigenvalue weighted by molar-refractivity contribution is 0.0174. The number of hydrogen-bond donors (Lipinski definition) is 0. The van der Waals surface area contributed by atoms with Gasteiger partial charge >= 0.3 is 0 Å². The Labute approximate surface area is 158 Å². The second-order valence-electron chi connectivity index (χ2n) is 8.08. The Morgan fingerprint density at radius 3 is 2.40 bits per heavy atom. The second kappa shape index (κ2) is 9.06. The van der Waals surface area contributed by atoms with Crippen molar-refractivity contribution in [2.24, 2.45) is 29.1 Å². The quantitative estimate of drug-likeness (QED) is 0.390. The maximum absolute atomic E-state index is 4.42. The fourth-order valence-corrected chi connectivity index (χ4v) is 6.10. The highest BCUT2D eigenvalue weighted by Gasteiger charge is 2.53. The van der Waals surface area contributed by atoms with E-state index in [-0.39, 0.29) is 7.43 Å². The van der Waals surface area contributed by atoms with Crippen molar-refractivity contribution in [3.05, 3.63) is 48.6 Å². The van der Waals surface area contributed by atoms with Crippen molar-refractivity contribution < 1.29 is 0 Å². The van der Waals surface area contributed by atoms with Crippen LogP contribution in [-0.2, 0) is 0 Å². The minimum Gasteiger partial charge on any atom is -0.106 e. The summed E-state index contributed by atoms with van der Waals surface area (Å²) in [6.45, 7) is 19.2. The lowest BCUT2D eigenvalue weighted by Crippen LogP contribution is -2.44. The van der Waals surface area contributed by atoms with Crippen LogP contribution in [0.25, 0.3) is 0 Å². The zero-order valence-corrected chi connectivity index (χ0v) is 16.5. The van der Waals surface area contributed by atoms with E-state index in [1.54, 1.807) is 11.1 Å². The van der Waals surface area contributed by atoms with Crippen LogP contribution in [0.2, 0.25) is 0 Å². The Hall–Kier alpha value is -1.04. The Bertz CT molecular complexity index is 520. The zero-order chi connectivity index (χ0) is 17.9. The zero-order valence-electron chi connectivity index (χ0n) is 16.5. The molecule has 4 aliphatic carbocycles. The summed E-state index contributed by atoms with van der Waals surface area (Å²) in [4.78, 5) is 0. The summed E-state index contributed by atoms with van der Waals surface area (Å²) in [5.41, 5.74) is 5.35. The summed E-state index contributed by atoms with van der Waals surface area (Å²) in [5.74, 6) is 3.79. The molecule has 142 valence electrons. The molecule has 4 rings (SSSR count). The fourth-order valence-electron chi connectivity index (χ4n) is 6.10. The van der Waals surface area contributed by atoms with E-state index >= 15 is 0 Å². The van der Waals surface area contributed by atoms with E-state index in [2.05, 4.69) is 45.7 Å². The van der Waals surface area contributed by atoms with E-state index < -0.39 is 0 Å². The topological polar surface area (TPSA) is 0 Å². The average molecular weight is 343 g/mol. The first kappa shape index (κ1) is 22.0. The second-order valence-corrected chi connectivity index (χ2v) is 8.08. The molecule has 5 unspecified atom stereocenters. The maximum atomic E-state index is 4.42.